The van der Waals surface area contributed by atoms with Crippen molar-refractivity contribution in [3.05, 3.63) is 36.7 Å². The summed E-state index contributed by atoms with van der Waals surface area (Å²) in [5, 5.41) is 1.60. The van der Waals surface area contributed by atoms with Gasteiger partial charge in [-0.25, -0.2) is 8.42 Å². The van der Waals surface area contributed by atoms with E-state index in [4.69, 9.17) is 0 Å². The minimum absolute atomic E-state index is 0.316. The van der Waals surface area contributed by atoms with Crippen LogP contribution in [0.2, 0.25) is 0 Å². The van der Waals surface area contributed by atoms with Gasteiger partial charge in [0.1, 0.15) is 0 Å². The molecule has 0 amide bonds. The lowest BCUT2D eigenvalue weighted by molar-refractivity contribution is 0.224. The van der Waals surface area contributed by atoms with Crippen LogP contribution >= 0.6 is 0 Å². The molecule has 23 heavy (non-hydrogen) atoms. The molecule has 2 aromatic rings. The number of nitrogens with zero attached hydrogens (tertiary/aromatic N) is 3. The van der Waals surface area contributed by atoms with Crippen LogP contribution in [0.1, 0.15) is 20.3 Å². The summed E-state index contributed by atoms with van der Waals surface area (Å²) in [7, 11) is -3.47. The van der Waals surface area contributed by atoms with Gasteiger partial charge in [0.05, 0.1) is 4.90 Å². The molecule has 1 saturated heterocycles. The Hall–Kier alpha value is -1.50. The number of aromatic nitrogens is 1. The lowest BCUT2D eigenvalue weighted by Crippen LogP contribution is -2.38. The first kappa shape index (κ1) is 16.4. The third-order valence-electron chi connectivity index (χ3n) is 4.71. The fourth-order valence-electron chi connectivity index (χ4n) is 3.42. The molecule has 1 aliphatic rings. The van der Waals surface area contributed by atoms with Gasteiger partial charge in [0.25, 0.3) is 0 Å². The lowest BCUT2D eigenvalue weighted by atomic mass is 10.2. The van der Waals surface area contributed by atoms with E-state index in [1.807, 2.05) is 6.07 Å². The number of hydrogen-bond donors (Lipinski definition) is 0. The summed E-state index contributed by atoms with van der Waals surface area (Å²) in [5.41, 5.74) is 0. The smallest absolute Gasteiger partial charge is 0.243 e. The standard InChI is InChI=1S/C17H23N3O2S/c1-3-19(4-2)15-9-11-20(13-15)23(21,22)17-7-5-6-14-12-18-10-8-16(14)17/h5-8,10,12,15H,3-4,9,11,13H2,1-2H3/t15-/m1/s1. The number of hydrogen-bond acceptors (Lipinski definition) is 4. The monoisotopic (exact) mass is 333 g/mol. The molecule has 3 rings (SSSR count). The van der Waals surface area contributed by atoms with Crippen LogP contribution in [0.5, 0.6) is 0 Å². The Morgan fingerprint density at radius 1 is 1.26 bits per heavy atom. The summed E-state index contributed by atoms with van der Waals surface area (Å²) in [4.78, 5) is 6.80. The van der Waals surface area contributed by atoms with E-state index in [-0.39, 0.29) is 0 Å². The Morgan fingerprint density at radius 2 is 2.04 bits per heavy atom. The Balaban J connectivity index is 1.93. The molecule has 6 heteroatoms. The molecule has 124 valence electrons. The first-order valence-electron chi connectivity index (χ1n) is 8.14. The minimum Gasteiger partial charge on any atom is -0.300 e. The van der Waals surface area contributed by atoms with Crippen LogP contribution in [-0.2, 0) is 10.0 Å². The molecule has 1 aliphatic heterocycles. The average Bonchev–Trinajstić information content (AvgIpc) is 3.06. The SMILES string of the molecule is CCN(CC)[C@@H]1CCN(S(=O)(=O)c2cccc3cnccc23)C1. The van der Waals surface area contributed by atoms with Crippen LogP contribution in [0, 0.1) is 0 Å². The van der Waals surface area contributed by atoms with Gasteiger partial charge >= 0.3 is 0 Å². The maximum Gasteiger partial charge on any atom is 0.243 e. The molecule has 1 aromatic heterocycles. The second-order valence-electron chi connectivity index (χ2n) is 5.88. The maximum absolute atomic E-state index is 13.1. The van der Waals surface area contributed by atoms with Crippen LogP contribution < -0.4 is 0 Å². The van der Waals surface area contributed by atoms with Crippen molar-refractivity contribution in [2.45, 2.75) is 31.2 Å². The van der Waals surface area contributed by atoms with Crippen molar-refractivity contribution in [3.8, 4) is 0 Å². The number of sulfonamides is 1. The van der Waals surface area contributed by atoms with Gasteiger partial charge in [-0.1, -0.05) is 26.0 Å². The number of likely N-dealkylation sites (N-methyl/N-ethyl adjacent to an activating group) is 1. The molecule has 5 nitrogen and oxygen atoms in total. The van der Waals surface area contributed by atoms with Gasteiger partial charge in [0.15, 0.2) is 0 Å². The Morgan fingerprint density at radius 3 is 2.78 bits per heavy atom. The fourth-order valence-corrected chi connectivity index (χ4v) is 5.13. The summed E-state index contributed by atoms with van der Waals surface area (Å²) in [6, 6.07) is 7.47. The molecule has 1 fully saturated rings. The van der Waals surface area contributed by atoms with Crippen LogP contribution in [0.4, 0.5) is 0 Å². The van der Waals surface area contributed by atoms with Crippen molar-refractivity contribution in [1.82, 2.24) is 14.2 Å². The van der Waals surface area contributed by atoms with Crippen molar-refractivity contribution in [2.75, 3.05) is 26.2 Å². The Bertz CT molecular complexity index is 782. The number of benzene rings is 1. The summed E-state index contributed by atoms with van der Waals surface area (Å²) >= 11 is 0. The van der Waals surface area contributed by atoms with Gasteiger partial charge in [0.2, 0.25) is 10.0 Å². The summed E-state index contributed by atoms with van der Waals surface area (Å²) in [6.07, 6.45) is 4.24. The Labute approximate surface area is 138 Å². The van der Waals surface area contributed by atoms with Crippen LogP contribution in [-0.4, -0.2) is 54.8 Å². The van der Waals surface area contributed by atoms with Crippen molar-refractivity contribution in [2.24, 2.45) is 0 Å². The molecule has 0 spiro atoms. The lowest BCUT2D eigenvalue weighted by Gasteiger charge is -2.26. The highest BCUT2D eigenvalue weighted by molar-refractivity contribution is 7.89. The fraction of sp³-hybridized carbons (Fsp3) is 0.471. The first-order chi connectivity index (χ1) is 11.1. The molecule has 0 radical (unpaired) electrons. The number of rotatable bonds is 5. The van der Waals surface area contributed by atoms with E-state index in [9.17, 15) is 8.42 Å². The van der Waals surface area contributed by atoms with Crippen LogP contribution in [0.3, 0.4) is 0 Å². The molecule has 0 bridgehead atoms. The molecule has 0 aliphatic carbocycles. The van der Waals surface area contributed by atoms with Gasteiger partial charge in [-0.15, -0.1) is 0 Å². The summed E-state index contributed by atoms with van der Waals surface area (Å²) < 4.78 is 27.8. The van der Waals surface area contributed by atoms with Gasteiger partial charge < -0.3 is 0 Å². The normalized spacial score (nSPS) is 19.7. The molecule has 2 heterocycles. The number of fused-ring (bicyclic) bond motifs is 1. The van der Waals surface area contributed by atoms with Crippen LogP contribution in [0.15, 0.2) is 41.6 Å². The molecular formula is C17H23N3O2S. The molecule has 0 saturated carbocycles. The highest BCUT2D eigenvalue weighted by atomic mass is 32.2. The summed E-state index contributed by atoms with van der Waals surface area (Å²) in [6.45, 7) is 7.32. The van der Waals surface area contributed by atoms with Crippen molar-refractivity contribution >= 4 is 20.8 Å². The van der Waals surface area contributed by atoms with Crippen molar-refractivity contribution in [1.29, 1.82) is 0 Å². The average molecular weight is 333 g/mol. The number of pyridine rings is 1. The molecular weight excluding hydrogens is 310 g/mol. The second kappa shape index (κ2) is 6.55. The third-order valence-corrected chi connectivity index (χ3v) is 6.64. The maximum atomic E-state index is 13.1. The van der Waals surface area contributed by atoms with E-state index in [1.54, 1.807) is 34.9 Å². The van der Waals surface area contributed by atoms with Crippen molar-refractivity contribution < 1.29 is 8.42 Å². The van der Waals surface area contributed by atoms with Gasteiger partial charge in [-0.3, -0.25) is 9.88 Å². The predicted octanol–water partition coefficient (Wildman–Crippen LogP) is 2.34. The zero-order valence-corrected chi connectivity index (χ0v) is 14.5. The molecule has 1 aromatic carbocycles. The first-order valence-corrected chi connectivity index (χ1v) is 9.59. The highest BCUT2D eigenvalue weighted by Gasteiger charge is 2.35. The van der Waals surface area contributed by atoms with E-state index in [2.05, 4.69) is 23.7 Å². The van der Waals surface area contributed by atoms with Gasteiger partial charge in [-0.05, 0) is 31.6 Å². The van der Waals surface area contributed by atoms with Crippen molar-refractivity contribution in [3.63, 3.8) is 0 Å². The third kappa shape index (κ3) is 2.98. The zero-order valence-electron chi connectivity index (χ0n) is 13.6. The Kier molecular flexibility index (Phi) is 4.66. The second-order valence-corrected chi connectivity index (χ2v) is 7.79. The van der Waals surface area contributed by atoms with Gasteiger partial charge in [0, 0.05) is 42.3 Å². The highest BCUT2D eigenvalue weighted by Crippen LogP contribution is 2.28. The van der Waals surface area contributed by atoms with E-state index >= 15 is 0 Å². The predicted molar refractivity (Wildman–Crippen MR) is 91.8 cm³/mol. The van der Waals surface area contributed by atoms with Crippen LogP contribution in [0.25, 0.3) is 10.8 Å². The molecule has 0 unspecified atom stereocenters. The quantitative estimate of drug-likeness (QED) is 0.843. The van der Waals surface area contributed by atoms with Gasteiger partial charge in [-0.2, -0.15) is 4.31 Å². The van der Waals surface area contributed by atoms with E-state index in [1.165, 1.54) is 0 Å². The van der Waals surface area contributed by atoms with E-state index in [0.717, 1.165) is 30.3 Å². The van der Waals surface area contributed by atoms with E-state index in [0.29, 0.717) is 24.0 Å². The molecule has 0 N–H and O–H groups in total. The van der Waals surface area contributed by atoms with E-state index < -0.39 is 10.0 Å². The largest absolute Gasteiger partial charge is 0.300 e. The summed E-state index contributed by atoms with van der Waals surface area (Å²) in [5.74, 6) is 0. The molecule has 1 atom stereocenters. The topological polar surface area (TPSA) is 53.5 Å². The zero-order chi connectivity index (χ0) is 16.4. The minimum atomic E-state index is -3.47.